The number of nitrogens with zero attached hydrogens (tertiary/aromatic N) is 7. The number of rotatable bonds is 6. The molecule has 3 saturated heterocycles. The van der Waals surface area contributed by atoms with Gasteiger partial charge in [0.1, 0.15) is 17.5 Å². The largest absolute Gasteiger partial charge is 0.462 e. The third kappa shape index (κ3) is 5.45. The van der Waals surface area contributed by atoms with Crippen molar-refractivity contribution in [2.24, 2.45) is 0 Å². The first-order valence-electron chi connectivity index (χ1n) is 14.0. The smallest absolute Gasteiger partial charge is 0.339 e. The fraction of sp³-hybridized carbons (Fsp3) is 0.643. The summed E-state index contributed by atoms with van der Waals surface area (Å²) in [4.78, 5) is 36.6. The first-order valence-corrected chi connectivity index (χ1v) is 14.0. The number of aromatic nitrogens is 3. The van der Waals surface area contributed by atoms with Crippen molar-refractivity contribution in [3.8, 4) is 0 Å². The van der Waals surface area contributed by atoms with Crippen LogP contribution in [-0.2, 0) is 4.74 Å². The van der Waals surface area contributed by atoms with E-state index in [1.54, 1.807) is 6.20 Å². The molecule has 3 fully saturated rings. The number of hydrogen-bond acceptors (Lipinski definition) is 9. The van der Waals surface area contributed by atoms with E-state index in [1.807, 2.05) is 19.9 Å². The quantitative estimate of drug-likeness (QED) is 0.538. The molecule has 0 N–H and O–H groups in total. The van der Waals surface area contributed by atoms with Crippen LogP contribution in [0.1, 0.15) is 68.8 Å². The van der Waals surface area contributed by atoms with Crippen LogP contribution in [0.25, 0.3) is 0 Å². The molecule has 9 heteroatoms. The van der Waals surface area contributed by atoms with Gasteiger partial charge in [0, 0.05) is 63.6 Å². The van der Waals surface area contributed by atoms with Crippen molar-refractivity contribution >= 4 is 29.4 Å². The summed E-state index contributed by atoms with van der Waals surface area (Å²) in [5.41, 5.74) is 1.50. The molecule has 2 unspecified atom stereocenters. The highest BCUT2D eigenvalue weighted by molar-refractivity contribution is 5.89. The third-order valence-electron chi connectivity index (χ3n) is 7.96. The molecule has 0 saturated carbocycles. The van der Waals surface area contributed by atoms with Gasteiger partial charge in [-0.2, -0.15) is 9.97 Å². The van der Waals surface area contributed by atoms with Gasteiger partial charge in [-0.05, 0) is 71.4 Å². The summed E-state index contributed by atoms with van der Waals surface area (Å²) in [6.07, 6.45) is 7.79. The summed E-state index contributed by atoms with van der Waals surface area (Å²) >= 11 is 0. The molecular formula is C28H41N7O2. The standard InChI is InChI=1S/C28H41N7O2/c1-5-37-27(36)23-16-20(2)26(29-18-23)33-14-15-34(22(4)19-33)25-17-24(32-11-7-6-8-12-32)30-28(31-25)35-13-9-10-21(35)3/h16-18,21-22H,5-15,19H2,1-4H3. The molecule has 37 heavy (non-hydrogen) atoms. The molecule has 0 bridgehead atoms. The highest BCUT2D eigenvalue weighted by atomic mass is 16.5. The van der Waals surface area contributed by atoms with E-state index in [4.69, 9.17) is 14.7 Å². The van der Waals surface area contributed by atoms with Crippen LogP contribution in [0.4, 0.5) is 23.4 Å². The van der Waals surface area contributed by atoms with E-state index in [2.05, 4.69) is 44.5 Å². The van der Waals surface area contributed by atoms with Crippen LogP contribution in [0.3, 0.4) is 0 Å². The van der Waals surface area contributed by atoms with Crippen LogP contribution in [0.5, 0.6) is 0 Å². The molecule has 3 aliphatic rings. The average Bonchev–Trinajstić information content (AvgIpc) is 3.34. The Balaban J connectivity index is 1.37. The van der Waals surface area contributed by atoms with Crippen molar-refractivity contribution in [3.05, 3.63) is 29.5 Å². The molecular weight excluding hydrogens is 466 g/mol. The number of aryl methyl sites for hydroxylation is 1. The molecule has 2 aromatic rings. The minimum absolute atomic E-state index is 0.257. The van der Waals surface area contributed by atoms with Crippen molar-refractivity contribution in [1.29, 1.82) is 0 Å². The Hall–Kier alpha value is -3.10. The fourth-order valence-corrected chi connectivity index (χ4v) is 5.92. The van der Waals surface area contributed by atoms with E-state index >= 15 is 0 Å². The Kier molecular flexibility index (Phi) is 7.67. The van der Waals surface area contributed by atoms with Crippen molar-refractivity contribution in [2.75, 3.05) is 65.5 Å². The lowest BCUT2D eigenvalue weighted by atomic mass is 10.1. The second kappa shape index (κ2) is 11.1. The molecule has 5 heterocycles. The number of hydrogen-bond donors (Lipinski definition) is 0. The molecule has 2 aromatic heterocycles. The lowest BCUT2D eigenvalue weighted by Crippen LogP contribution is -2.53. The van der Waals surface area contributed by atoms with E-state index in [0.717, 1.165) is 68.2 Å². The van der Waals surface area contributed by atoms with Gasteiger partial charge < -0.3 is 24.3 Å². The number of esters is 1. The predicted octanol–water partition coefficient (Wildman–Crippen LogP) is 4.05. The summed E-state index contributed by atoms with van der Waals surface area (Å²) in [6, 6.07) is 4.83. The minimum atomic E-state index is -0.320. The maximum absolute atomic E-state index is 12.1. The lowest BCUT2D eigenvalue weighted by molar-refractivity contribution is 0.0526. The maximum atomic E-state index is 12.1. The minimum Gasteiger partial charge on any atom is -0.462 e. The number of pyridine rings is 1. The molecule has 0 amide bonds. The summed E-state index contributed by atoms with van der Waals surface area (Å²) in [5.74, 6) is 3.59. The van der Waals surface area contributed by atoms with E-state index < -0.39 is 0 Å². The second-order valence-electron chi connectivity index (χ2n) is 10.7. The van der Waals surface area contributed by atoms with Crippen LogP contribution < -0.4 is 19.6 Å². The number of carbonyl (C=O) groups excluding carboxylic acids is 1. The highest BCUT2D eigenvalue weighted by Crippen LogP contribution is 2.31. The van der Waals surface area contributed by atoms with Crippen molar-refractivity contribution in [1.82, 2.24) is 15.0 Å². The maximum Gasteiger partial charge on any atom is 0.339 e. The van der Waals surface area contributed by atoms with Crippen LogP contribution in [0.2, 0.25) is 0 Å². The first-order chi connectivity index (χ1) is 17.9. The van der Waals surface area contributed by atoms with Crippen molar-refractivity contribution < 1.29 is 9.53 Å². The monoisotopic (exact) mass is 507 g/mol. The number of piperidine rings is 1. The number of anilines is 4. The van der Waals surface area contributed by atoms with Gasteiger partial charge in [0.2, 0.25) is 5.95 Å². The van der Waals surface area contributed by atoms with Crippen LogP contribution in [0, 0.1) is 6.92 Å². The molecule has 0 aliphatic carbocycles. The summed E-state index contributed by atoms with van der Waals surface area (Å²) < 4.78 is 5.14. The van der Waals surface area contributed by atoms with Crippen LogP contribution in [-0.4, -0.2) is 78.9 Å². The topological polar surface area (TPSA) is 77.9 Å². The Bertz CT molecular complexity index is 1100. The summed E-state index contributed by atoms with van der Waals surface area (Å²) in [6.45, 7) is 14.4. The normalized spacial score (nSPS) is 22.5. The third-order valence-corrected chi connectivity index (χ3v) is 7.96. The SMILES string of the molecule is CCOC(=O)c1cnc(N2CCN(c3cc(N4CCCCC4)nc(N4CCCC4C)n3)C(C)C2)c(C)c1. The van der Waals surface area contributed by atoms with Crippen molar-refractivity contribution in [3.63, 3.8) is 0 Å². The van der Waals surface area contributed by atoms with Gasteiger partial charge in [-0.25, -0.2) is 9.78 Å². The molecule has 9 nitrogen and oxygen atoms in total. The summed E-state index contributed by atoms with van der Waals surface area (Å²) in [5, 5.41) is 0. The van der Waals surface area contributed by atoms with E-state index in [0.29, 0.717) is 18.2 Å². The Morgan fingerprint density at radius 3 is 2.38 bits per heavy atom. The molecule has 2 atom stereocenters. The Labute approximate surface area is 220 Å². The molecule has 5 rings (SSSR count). The Morgan fingerprint density at radius 2 is 1.70 bits per heavy atom. The molecule has 0 spiro atoms. The predicted molar refractivity (Wildman–Crippen MR) is 148 cm³/mol. The van der Waals surface area contributed by atoms with Gasteiger partial charge in [0.25, 0.3) is 0 Å². The highest BCUT2D eigenvalue weighted by Gasteiger charge is 2.30. The second-order valence-corrected chi connectivity index (χ2v) is 10.7. The fourth-order valence-electron chi connectivity index (χ4n) is 5.92. The van der Waals surface area contributed by atoms with Gasteiger partial charge >= 0.3 is 5.97 Å². The lowest BCUT2D eigenvalue weighted by Gasteiger charge is -2.42. The molecule has 3 aliphatic heterocycles. The van der Waals surface area contributed by atoms with Gasteiger partial charge in [-0.15, -0.1) is 0 Å². The van der Waals surface area contributed by atoms with E-state index in [9.17, 15) is 4.79 Å². The zero-order valence-corrected chi connectivity index (χ0v) is 22.8. The van der Waals surface area contributed by atoms with Crippen molar-refractivity contribution in [2.45, 2.75) is 71.9 Å². The number of carbonyl (C=O) groups is 1. The average molecular weight is 508 g/mol. The molecule has 0 radical (unpaired) electrons. The zero-order valence-electron chi connectivity index (χ0n) is 22.8. The zero-order chi connectivity index (χ0) is 25.9. The van der Waals surface area contributed by atoms with Gasteiger partial charge in [-0.1, -0.05) is 0 Å². The molecule has 0 aromatic carbocycles. The Morgan fingerprint density at radius 1 is 0.919 bits per heavy atom. The van der Waals surface area contributed by atoms with Gasteiger partial charge in [0.15, 0.2) is 0 Å². The van der Waals surface area contributed by atoms with Crippen LogP contribution in [0.15, 0.2) is 18.3 Å². The van der Waals surface area contributed by atoms with Gasteiger partial charge in [0.05, 0.1) is 12.2 Å². The number of ether oxygens (including phenoxy) is 1. The van der Waals surface area contributed by atoms with Crippen LogP contribution >= 0.6 is 0 Å². The summed E-state index contributed by atoms with van der Waals surface area (Å²) in [7, 11) is 0. The molecule has 200 valence electrons. The van der Waals surface area contributed by atoms with E-state index in [1.165, 1.54) is 32.1 Å². The van der Waals surface area contributed by atoms with E-state index in [-0.39, 0.29) is 12.0 Å². The first kappa shape index (κ1) is 25.5. The van der Waals surface area contributed by atoms with Gasteiger partial charge in [-0.3, -0.25) is 0 Å². The number of piperazine rings is 1.